The number of hydrogen-bond acceptors (Lipinski definition) is 5. The Morgan fingerprint density at radius 2 is 1.82 bits per heavy atom. The molecule has 0 bridgehead atoms. The first kappa shape index (κ1) is 21.2. The molecule has 3 N–H and O–H groups in total. The Bertz CT molecular complexity index is 972. The van der Waals surface area contributed by atoms with Gasteiger partial charge in [0.1, 0.15) is 5.75 Å². The van der Waals surface area contributed by atoms with E-state index in [1.54, 1.807) is 31.2 Å². The van der Waals surface area contributed by atoms with E-state index < -0.39 is 16.0 Å². The van der Waals surface area contributed by atoms with Crippen LogP contribution in [0.25, 0.3) is 0 Å². The van der Waals surface area contributed by atoms with Crippen LogP contribution >= 0.6 is 0 Å². The van der Waals surface area contributed by atoms with E-state index >= 15 is 0 Å². The van der Waals surface area contributed by atoms with Crippen molar-refractivity contribution in [1.82, 2.24) is 0 Å². The Morgan fingerprint density at radius 3 is 2.46 bits per heavy atom. The molecular formula is C19H22N2O6S. The molecular weight excluding hydrogens is 384 g/mol. The zero-order chi connectivity index (χ0) is 20.7. The number of carboxylic acid groups (broad SMARTS) is 1. The Labute approximate surface area is 163 Å². The third-order valence-electron chi connectivity index (χ3n) is 3.68. The normalized spacial score (nSPS) is 10.9. The summed E-state index contributed by atoms with van der Waals surface area (Å²) in [4.78, 5) is 21.7. The molecule has 0 heterocycles. The van der Waals surface area contributed by atoms with E-state index in [-0.39, 0.29) is 23.8 Å². The zero-order valence-corrected chi connectivity index (χ0v) is 16.4. The highest BCUT2D eigenvalue weighted by Gasteiger charge is 2.16. The number of anilines is 2. The van der Waals surface area contributed by atoms with E-state index in [1.807, 2.05) is 0 Å². The quantitative estimate of drug-likeness (QED) is 0.550. The van der Waals surface area contributed by atoms with Gasteiger partial charge in [-0.15, -0.1) is 0 Å². The summed E-state index contributed by atoms with van der Waals surface area (Å²) in [7, 11) is -3.83. The van der Waals surface area contributed by atoms with Crippen molar-refractivity contribution in [3.8, 4) is 5.75 Å². The van der Waals surface area contributed by atoms with Crippen LogP contribution < -0.4 is 14.8 Å². The lowest BCUT2D eigenvalue weighted by molar-refractivity contribution is -0.137. The van der Waals surface area contributed by atoms with E-state index in [4.69, 9.17) is 9.84 Å². The minimum atomic E-state index is -3.83. The first-order chi connectivity index (χ1) is 13.2. The predicted molar refractivity (Wildman–Crippen MR) is 105 cm³/mol. The van der Waals surface area contributed by atoms with Crippen LogP contribution in [-0.4, -0.2) is 32.0 Å². The molecule has 0 aliphatic carbocycles. The van der Waals surface area contributed by atoms with Gasteiger partial charge in [-0.3, -0.25) is 14.3 Å². The van der Waals surface area contributed by atoms with Gasteiger partial charge in [-0.2, -0.15) is 0 Å². The number of aryl methyl sites for hydroxylation is 1. The maximum absolute atomic E-state index is 12.6. The molecule has 0 spiro atoms. The van der Waals surface area contributed by atoms with E-state index in [0.29, 0.717) is 29.1 Å². The Kier molecular flexibility index (Phi) is 7.00. The van der Waals surface area contributed by atoms with Gasteiger partial charge in [0.2, 0.25) is 5.91 Å². The summed E-state index contributed by atoms with van der Waals surface area (Å²) in [5, 5.41) is 11.2. The average Bonchev–Trinajstić information content (AvgIpc) is 2.58. The van der Waals surface area contributed by atoms with E-state index in [1.165, 1.54) is 25.1 Å². The molecule has 0 saturated carbocycles. The highest BCUT2D eigenvalue weighted by Crippen LogP contribution is 2.24. The number of amides is 1. The second kappa shape index (κ2) is 9.23. The number of hydrogen-bond donors (Lipinski definition) is 3. The van der Waals surface area contributed by atoms with Crippen molar-refractivity contribution in [1.29, 1.82) is 0 Å². The van der Waals surface area contributed by atoms with Gasteiger partial charge in [0.25, 0.3) is 10.0 Å². The Balaban J connectivity index is 2.10. The minimum Gasteiger partial charge on any atom is -0.493 e. The number of benzene rings is 2. The average molecular weight is 406 g/mol. The molecule has 0 atom stereocenters. The topological polar surface area (TPSA) is 122 Å². The van der Waals surface area contributed by atoms with Gasteiger partial charge in [-0.25, -0.2) is 8.42 Å². The summed E-state index contributed by atoms with van der Waals surface area (Å²) in [5.74, 6) is -0.651. The van der Waals surface area contributed by atoms with Crippen LogP contribution in [0.15, 0.2) is 47.4 Å². The molecule has 2 aromatic carbocycles. The molecule has 28 heavy (non-hydrogen) atoms. The molecule has 0 radical (unpaired) electrons. The Morgan fingerprint density at radius 1 is 1.11 bits per heavy atom. The number of carboxylic acids is 1. The zero-order valence-electron chi connectivity index (χ0n) is 15.6. The van der Waals surface area contributed by atoms with Gasteiger partial charge >= 0.3 is 5.97 Å². The van der Waals surface area contributed by atoms with Gasteiger partial charge in [0, 0.05) is 19.0 Å². The van der Waals surface area contributed by atoms with Crippen LogP contribution in [-0.2, 0) is 19.6 Å². The van der Waals surface area contributed by atoms with Crippen molar-refractivity contribution in [2.75, 3.05) is 16.6 Å². The van der Waals surface area contributed by atoms with Crippen LogP contribution in [0.2, 0.25) is 0 Å². The summed E-state index contributed by atoms with van der Waals surface area (Å²) in [6, 6.07) is 10.8. The van der Waals surface area contributed by atoms with Crippen molar-refractivity contribution in [3.63, 3.8) is 0 Å². The minimum absolute atomic E-state index is 0.00692. The largest absolute Gasteiger partial charge is 0.493 e. The molecule has 0 aliphatic rings. The van der Waals surface area contributed by atoms with Gasteiger partial charge < -0.3 is 15.2 Å². The number of rotatable bonds is 9. The fourth-order valence-corrected chi connectivity index (χ4v) is 3.57. The van der Waals surface area contributed by atoms with Crippen molar-refractivity contribution in [2.24, 2.45) is 0 Å². The number of aliphatic carboxylic acids is 1. The number of carbonyl (C=O) groups excluding carboxylic acids is 1. The van der Waals surface area contributed by atoms with Gasteiger partial charge in [-0.1, -0.05) is 6.07 Å². The first-order valence-electron chi connectivity index (χ1n) is 8.53. The lowest BCUT2D eigenvalue weighted by Gasteiger charge is -2.13. The molecule has 0 saturated heterocycles. The number of sulfonamides is 1. The summed E-state index contributed by atoms with van der Waals surface area (Å²) in [6.45, 7) is 3.31. The standard InChI is InChI=1S/C19H22N2O6S/c1-13-11-17(8-9-18(13)27-10-4-7-19(23)24)28(25,26)21-16-6-3-5-15(12-16)20-14(2)22/h3,5-6,8-9,11-12,21H,4,7,10H2,1-2H3,(H,20,22)(H,23,24). The lowest BCUT2D eigenvalue weighted by Crippen LogP contribution is -2.14. The second-order valence-corrected chi connectivity index (χ2v) is 7.82. The molecule has 0 fully saturated rings. The van der Waals surface area contributed by atoms with Crippen LogP contribution in [0, 0.1) is 6.92 Å². The van der Waals surface area contributed by atoms with E-state index in [2.05, 4.69) is 10.0 Å². The Hall–Kier alpha value is -3.07. The third-order valence-corrected chi connectivity index (χ3v) is 5.06. The SMILES string of the molecule is CC(=O)Nc1cccc(NS(=O)(=O)c2ccc(OCCCC(=O)O)c(C)c2)c1. The van der Waals surface area contributed by atoms with Gasteiger partial charge in [0.15, 0.2) is 0 Å². The molecule has 8 nitrogen and oxygen atoms in total. The number of carbonyl (C=O) groups is 2. The van der Waals surface area contributed by atoms with Crippen LogP contribution in [0.3, 0.4) is 0 Å². The molecule has 2 aromatic rings. The van der Waals surface area contributed by atoms with Crippen LogP contribution in [0.1, 0.15) is 25.3 Å². The van der Waals surface area contributed by atoms with E-state index in [0.717, 1.165) is 0 Å². The van der Waals surface area contributed by atoms with Crippen LogP contribution in [0.5, 0.6) is 5.75 Å². The van der Waals surface area contributed by atoms with Crippen molar-refractivity contribution in [2.45, 2.75) is 31.6 Å². The van der Waals surface area contributed by atoms with E-state index in [9.17, 15) is 18.0 Å². The van der Waals surface area contributed by atoms with Gasteiger partial charge in [0.05, 0.1) is 17.2 Å². The van der Waals surface area contributed by atoms with Crippen LogP contribution in [0.4, 0.5) is 11.4 Å². The fourth-order valence-electron chi connectivity index (χ4n) is 2.43. The monoisotopic (exact) mass is 406 g/mol. The maximum atomic E-state index is 12.6. The van der Waals surface area contributed by atoms with Crippen molar-refractivity contribution >= 4 is 33.3 Å². The highest BCUT2D eigenvalue weighted by molar-refractivity contribution is 7.92. The van der Waals surface area contributed by atoms with Gasteiger partial charge in [-0.05, 0) is 55.3 Å². The highest BCUT2D eigenvalue weighted by atomic mass is 32.2. The molecule has 9 heteroatoms. The lowest BCUT2D eigenvalue weighted by atomic mass is 10.2. The second-order valence-electron chi connectivity index (χ2n) is 6.14. The van der Waals surface area contributed by atoms with Crippen molar-refractivity contribution in [3.05, 3.63) is 48.0 Å². The number of nitrogens with one attached hydrogen (secondary N) is 2. The molecule has 0 aliphatic heterocycles. The first-order valence-corrected chi connectivity index (χ1v) is 10.0. The summed E-state index contributed by atoms with van der Waals surface area (Å²) >= 11 is 0. The summed E-state index contributed by atoms with van der Waals surface area (Å²) in [5.41, 5.74) is 1.41. The predicted octanol–water partition coefficient (Wildman–Crippen LogP) is 3.00. The molecule has 2 rings (SSSR count). The fraction of sp³-hybridized carbons (Fsp3) is 0.263. The summed E-state index contributed by atoms with van der Waals surface area (Å²) < 4.78 is 33.2. The molecule has 0 unspecified atom stereocenters. The summed E-state index contributed by atoms with van der Waals surface area (Å²) in [6.07, 6.45) is 0.369. The maximum Gasteiger partial charge on any atom is 0.303 e. The van der Waals surface area contributed by atoms with Crippen molar-refractivity contribution < 1.29 is 27.9 Å². The molecule has 0 aromatic heterocycles. The number of ether oxygens (including phenoxy) is 1. The smallest absolute Gasteiger partial charge is 0.303 e. The third kappa shape index (κ3) is 6.27. The molecule has 1 amide bonds. The molecule has 150 valence electrons.